The van der Waals surface area contributed by atoms with E-state index in [2.05, 4.69) is 10.3 Å². The van der Waals surface area contributed by atoms with E-state index < -0.39 is 23.8 Å². The Morgan fingerprint density at radius 2 is 2.22 bits per heavy atom. The highest BCUT2D eigenvalue weighted by molar-refractivity contribution is 7.09. The van der Waals surface area contributed by atoms with Crippen LogP contribution in [0.2, 0.25) is 0 Å². The normalized spacial score (nSPS) is 20.2. The van der Waals surface area contributed by atoms with Crippen molar-refractivity contribution in [3.05, 3.63) is 16.6 Å². The van der Waals surface area contributed by atoms with Crippen LogP contribution in [0.1, 0.15) is 24.8 Å². The number of hydrogen-bond acceptors (Lipinski definition) is 5. The number of nitrogens with one attached hydrogen (secondary N) is 1. The number of amides is 4. The lowest BCUT2D eigenvalue weighted by molar-refractivity contribution is -0.143. The van der Waals surface area contributed by atoms with Gasteiger partial charge in [-0.2, -0.15) is 0 Å². The van der Waals surface area contributed by atoms with Gasteiger partial charge in [-0.25, -0.2) is 9.78 Å². The van der Waals surface area contributed by atoms with Gasteiger partial charge in [-0.15, -0.1) is 11.3 Å². The average molecular weight is 267 g/mol. The summed E-state index contributed by atoms with van der Waals surface area (Å²) in [6.07, 6.45) is 2.77. The molecule has 96 valence electrons. The minimum absolute atomic E-state index is 0.121. The van der Waals surface area contributed by atoms with Crippen LogP contribution < -0.4 is 5.32 Å². The van der Waals surface area contributed by atoms with E-state index in [-0.39, 0.29) is 6.54 Å². The molecule has 0 saturated carbocycles. The number of carbonyl (C=O) groups is 3. The van der Waals surface area contributed by atoms with Gasteiger partial charge in [0.05, 0.1) is 6.54 Å². The first-order valence-electron chi connectivity index (χ1n) is 5.68. The molecule has 2 heterocycles. The smallest absolute Gasteiger partial charge is 0.277 e. The molecule has 1 saturated heterocycles. The molecule has 0 radical (unpaired) electrons. The van der Waals surface area contributed by atoms with Gasteiger partial charge in [-0.1, -0.05) is 13.3 Å². The largest absolute Gasteiger partial charge is 0.331 e. The van der Waals surface area contributed by atoms with Crippen molar-refractivity contribution in [2.45, 2.75) is 26.3 Å². The lowest BCUT2D eigenvalue weighted by Crippen LogP contribution is -2.57. The molecule has 1 fully saturated rings. The summed E-state index contributed by atoms with van der Waals surface area (Å²) >= 11 is 1.37. The summed E-state index contributed by atoms with van der Waals surface area (Å²) in [5, 5.41) is 4.65. The molecule has 0 bridgehead atoms. The van der Waals surface area contributed by atoms with Gasteiger partial charge < -0.3 is 0 Å². The summed E-state index contributed by atoms with van der Waals surface area (Å²) < 4.78 is 0. The Bertz CT molecular complexity index is 472. The minimum Gasteiger partial charge on any atom is -0.277 e. The maximum atomic E-state index is 12.1. The van der Waals surface area contributed by atoms with Gasteiger partial charge in [0, 0.05) is 11.6 Å². The van der Waals surface area contributed by atoms with Crippen LogP contribution in [0.5, 0.6) is 0 Å². The molecular formula is C11H13N3O3S. The second-order valence-corrected chi connectivity index (χ2v) is 4.97. The fourth-order valence-corrected chi connectivity index (χ4v) is 2.42. The minimum atomic E-state index is -0.757. The van der Waals surface area contributed by atoms with E-state index in [0.29, 0.717) is 17.8 Å². The number of imide groups is 2. The number of hydrogen-bond donors (Lipinski definition) is 1. The summed E-state index contributed by atoms with van der Waals surface area (Å²) in [5.74, 6) is -1.68. The van der Waals surface area contributed by atoms with Crippen molar-refractivity contribution in [1.29, 1.82) is 0 Å². The van der Waals surface area contributed by atoms with E-state index in [4.69, 9.17) is 0 Å². The zero-order valence-corrected chi connectivity index (χ0v) is 10.7. The maximum Gasteiger partial charge on any atom is 0.331 e. The highest BCUT2D eigenvalue weighted by atomic mass is 32.1. The van der Waals surface area contributed by atoms with Crippen molar-refractivity contribution in [3.8, 4) is 0 Å². The van der Waals surface area contributed by atoms with Crippen LogP contribution >= 0.6 is 11.3 Å². The summed E-state index contributed by atoms with van der Waals surface area (Å²) in [7, 11) is 0. The zero-order chi connectivity index (χ0) is 13.1. The van der Waals surface area contributed by atoms with Gasteiger partial charge in [0.25, 0.3) is 0 Å². The van der Waals surface area contributed by atoms with E-state index in [1.54, 1.807) is 11.6 Å². The van der Waals surface area contributed by atoms with Crippen molar-refractivity contribution in [2.24, 2.45) is 5.92 Å². The fraction of sp³-hybridized carbons (Fsp3) is 0.455. The third-order valence-corrected chi connectivity index (χ3v) is 3.47. The number of thiazole rings is 1. The Morgan fingerprint density at radius 1 is 1.44 bits per heavy atom. The molecule has 0 aliphatic carbocycles. The van der Waals surface area contributed by atoms with Gasteiger partial charge in [0.15, 0.2) is 0 Å². The number of carbonyl (C=O) groups excluding carboxylic acids is 3. The average Bonchev–Trinajstić information content (AvgIpc) is 2.83. The first-order chi connectivity index (χ1) is 8.63. The Balaban J connectivity index is 2.15. The van der Waals surface area contributed by atoms with Crippen molar-refractivity contribution < 1.29 is 14.4 Å². The lowest BCUT2D eigenvalue weighted by Gasteiger charge is -2.29. The third-order valence-electron chi connectivity index (χ3n) is 2.71. The predicted octanol–water partition coefficient (Wildman–Crippen LogP) is 1.14. The van der Waals surface area contributed by atoms with Crippen LogP contribution in [0.3, 0.4) is 0 Å². The van der Waals surface area contributed by atoms with Gasteiger partial charge in [-0.3, -0.25) is 19.8 Å². The highest BCUT2D eigenvalue weighted by Gasteiger charge is 2.39. The quantitative estimate of drug-likeness (QED) is 0.830. The Morgan fingerprint density at radius 3 is 2.83 bits per heavy atom. The molecule has 1 atom stereocenters. The lowest BCUT2D eigenvalue weighted by atomic mass is 9.99. The maximum absolute atomic E-state index is 12.1. The second-order valence-electron chi connectivity index (χ2n) is 3.99. The van der Waals surface area contributed by atoms with Crippen LogP contribution in [0, 0.1) is 5.92 Å². The Kier molecular flexibility index (Phi) is 3.71. The van der Waals surface area contributed by atoms with E-state index in [0.717, 1.165) is 4.90 Å². The third kappa shape index (κ3) is 2.40. The fourth-order valence-electron chi connectivity index (χ4n) is 1.82. The second kappa shape index (κ2) is 5.26. The van der Waals surface area contributed by atoms with Crippen molar-refractivity contribution in [1.82, 2.24) is 15.2 Å². The van der Waals surface area contributed by atoms with Crippen LogP contribution in [-0.2, 0) is 16.1 Å². The van der Waals surface area contributed by atoms with E-state index in [1.807, 2.05) is 6.92 Å². The molecule has 2 rings (SSSR count). The predicted molar refractivity (Wildman–Crippen MR) is 64.6 cm³/mol. The molecule has 6 nitrogen and oxygen atoms in total. The van der Waals surface area contributed by atoms with E-state index in [1.165, 1.54) is 11.3 Å². The van der Waals surface area contributed by atoms with E-state index in [9.17, 15) is 14.4 Å². The van der Waals surface area contributed by atoms with Crippen LogP contribution in [-0.4, -0.2) is 27.7 Å². The zero-order valence-electron chi connectivity index (χ0n) is 9.88. The van der Waals surface area contributed by atoms with Crippen LogP contribution in [0.25, 0.3) is 0 Å². The van der Waals surface area contributed by atoms with Gasteiger partial charge >= 0.3 is 6.03 Å². The topological polar surface area (TPSA) is 79.4 Å². The molecular weight excluding hydrogens is 254 g/mol. The molecule has 0 spiro atoms. The van der Waals surface area contributed by atoms with Crippen molar-refractivity contribution in [3.63, 3.8) is 0 Å². The molecule has 1 N–H and O–H groups in total. The molecule has 1 unspecified atom stereocenters. The summed E-state index contributed by atoms with van der Waals surface area (Å²) in [4.78, 5) is 40.4. The molecule has 7 heteroatoms. The number of urea groups is 1. The number of nitrogens with zero attached hydrogens (tertiary/aromatic N) is 2. The van der Waals surface area contributed by atoms with Crippen molar-refractivity contribution in [2.75, 3.05) is 0 Å². The molecule has 18 heavy (non-hydrogen) atoms. The van der Waals surface area contributed by atoms with Gasteiger partial charge in [0.1, 0.15) is 10.9 Å². The summed E-state index contributed by atoms with van der Waals surface area (Å²) in [6, 6.07) is -0.660. The number of aromatic nitrogens is 1. The molecule has 1 aliphatic heterocycles. The van der Waals surface area contributed by atoms with Crippen LogP contribution in [0.15, 0.2) is 11.6 Å². The Labute approximate surface area is 108 Å². The number of rotatable bonds is 4. The molecule has 1 aromatic heterocycles. The van der Waals surface area contributed by atoms with Crippen LogP contribution in [0.4, 0.5) is 4.79 Å². The highest BCUT2D eigenvalue weighted by Crippen LogP contribution is 2.18. The monoisotopic (exact) mass is 267 g/mol. The standard InChI is InChI=1S/C11H13N3O3S/c1-2-3-7-9(15)13-11(17)14(10(7)16)6-8-12-4-5-18-8/h4-5,7H,2-3,6H2,1H3,(H,13,15,17). The van der Waals surface area contributed by atoms with E-state index >= 15 is 0 Å². The first-order valence-corrected chi connectivity index (χ1v) is 6.56. The van der Waals surface area contributed by atoms with Crippen molar-refractivity contribution >= 4 is 29.2 Å². The molecule has 1 aromatic rings. The van der Waals surface area contributed by atoms with Gasteiger partial charge in [0.2, 0.25) is 11.8 Å². The number of barbiturate groups is 1. The summed E-state index contributed by atoms with van der Waals surface area (Å²) in [5.41, 5.74) is 0. The first kappa shape index (κ1) is 12.7. The SMILES string of the molecule is CCCC1C(=O)NC(=O)N(Cc2nccs2)C1=O. The molecule has 1 aliphatic rings. The summed E-state index contributed by atoms with van der Waals surface area (Å²) in [6.45, 7) is 2.01. The Hall–Kier alpha value is -1.76. The van der Waals surface area contributed by atoms with Gasteiger partial charge in [-0.05, 0) is 6.42 Å². The molecule has 4 amide bonds. The molecule has 0 aromatic carbocycles.